The van der Waals surface area contributed by atoms with Crippen LogP contribution >= 0.6 is 46.6 Å². The van der Waals surface area contributed by atoms with Crippen LogP contribution in [0, 0.1) is 0 Å². The Balaban J connectivity index is 1.70. The second-order valence-electron chi connectivity index (χ2n) is 6.14. The molecule has 0 atom stereocenters. The predicted molar refractivity (Wildman–Crippen MR) is 115 cm³/mol. The number of fused-ring (bicyclic) bond motifs is 1. The predicted octanol–water partition coefficient (Wildman–Crippen LogP) is 5.99. The van der Waals surface area contributed by atoms with E-state index in [1.807, 2.05) is 0 Å². The summed E-state index contributed by atoms with van der Waals surface area (Å²) >= 11 is 18.9. The van der Waals surface area contributed by atoms with Gasteiger partial charge in [-0.2, -0.15) is 0 Å². The molecule has 1 aliphatic rings. The van der Waals surface area contributed by atoms with Crippen LogP contribution in [0.4, 0.5) is 4.79 Å². The number of amides is 2. The molecule has 146 valence electrons. The van der Waals surface area contributed by atoms with Gasteiger partial charge in [-0.15, -0.1) is 0 Å². The zero-order valence-corrected chi connectivity index (χ0v) is 17.5. The van der Waals surface area contributed by atoms with Crippen LogP contribution in [-0.2, 0) is 11.3 Å². The van der Waals surface area contributed by atoms with Gasteiger partial charge in [0.05, 0.1) is 27.4 Å². The largest absolute Gasteiger partial charge is 0.462 e. The Hall–Kier alpha value is -2.25. The Bertz CT molecular complexity index is 1270. The highest BCUT2D eigenvalue weighted by Gasteiger charge is 2.35. The Morgan fingerprint density at radius 3 is 2.55 bits per heavy atom. The van der Waals surface area contributed by atoms with Crippen molar-refractivity contribution in [3.8, 4) is 0 Å². The van der Waals surface area contributed by atoms with Gasteiger partial charge in [0.2, 0.25) is 0 Å². The maximum atomic E-state index is 12.8. The first kappa shape index (κ1) is 20.0. The van der Waals surface area contributed by atoms with E-state index in [2.05, 4.69) is 0 Å². The lowest BCUT2D eigenvalue weighted by molar-refractivity contribution is -0.123. The van der Waals surface area contributed by atoms with Crippen molar-refractivity contribution in [2.45, 2.75) is 6.54 Å². The third kappa shape index (κ3) is 3.81. The van der Waals surface area contributed by atoms with E-state index in [-0.39, 0.29) is 38.0 Å². The first-order chi connectivity index (χ1) is 13.8. The van der Waals surface area contributed by atoms with Crippen LogP contribution in [0.2, 0.25) is 15.1 Å². The highest BCUT2D eigenvalue weighted by molar-refractivity contribution is 8.18. The van der Waals surface area contributed by atoms with Gasteiger partial charge in [-0.1, -0.05) is 53.0 Å². The van der Waals surface area contributed by atoms with Crippen molar-refractivity contribution in [1.29, 1.82) is 0 Å². The van der Waals surface area contributed by atoms with Crippen molar-refractivity contribution in [2.24, 2.45) is 0 Å². The number of carbonyl (C=O) groups is 2. The molecule has 5 nitrogen and oxygen atoms in total. The number of imide groups is 1. The zero-order chi connectivity index (χ0) is 20.7. The van der Waals surface area contributed by atoms with Crippen molar-refractivity contribution >= 4 is 74.8 Å². The van der Waals surface area contributed by atoms with Gasteiger partial charge >= 0.3 is 0 Å². The van der Waals surface area contributed by atoms with Gasteiger partial charge in [0.25, 0.3) is 11.1 Å². The van der Waals surface area contributed by atoms with Crippen LogP contribution < -0.4 is 5.43 Å². The number of hydrogen-bond donors (Lipinski definition) is 0. The summed E-state index contributed by atoms with van der Waals surface area (Å²) in [7, 11) is 0. The summed E-state index contributed by atoms with van der Waals surface area (Å²) in [6.45, 7) is 0.0409. The Morgan fingerprint density at radius 1 is 1.03 bits per heavy atom. The molecule has 1 saturated heterocycles. The van der Waals surface area contributed by atoms with Gasteiger partial charge in [-0.25, -0.2) is 0 Å². The molecule has 1 fully saturated rings. The minimum absolute atomic E-state index is 0.0409. The van der Waals surface area contributed by atoms with E-state index >= 15 is 0 Å². The number of nitrogens with zero attached hydrogens (tertiary/aromatic N) is 1. The summed E-state index contributed by atoms with van der Waals surface area (Å²) in [5, 5.41) is 0.687. The molecule has 1 aromatic heterocycles. The molecule has 4 rings (SSSR count). The van der Waals surface area contributed by atoms with Crippen molar-refractivity contribution in [3.63, 3.8) is 0 Å². The van der Waals surface area contributed by atoms with E-state index in [0.717, 1.165) is 16.7 Å². The number of rotatable bonds is 3. The fraction of sp³-hybridized carbons (Fsp3) is 0.0500. The van der Waals surface area contributed by atoms with Gasteiger partial charge in [0, 0.05) is 10.0 Å². The molecule has 0 radical (unpaired) electrons. The number of halogens is 3. The van der Waals surface area contributed by atoms with Crippen LogP contribution in [0.25, 0.3) is 17.0 Å². The SMILES string of the molecule is O=C1S/C(=C\c2coc3c(Cl)cc(Cl)cc3c2=O)C(=O)N1Cc1ccccc1Cl. The Morgan fingerprint density at radius 2 is 1.79 bits per heavy atom. The van der Waals surface area contributed by atoms with Crippen LogP contribution in [0.1, 0.15) is 11.1 Å². The summed E-state index contributed by atoms with van der Waals surface area (Å²) in [4.78, 5) is 39.0. The Labute approximate surface area is 183 Å². The summed E-state index contributed by atoms with van der Waals surface area (Å²) in [6, 6.07) is 9.86. The van der Waals surface area contributed by atoms with Crippen molar-refractivity contribution < 1.29 is 14.0 Å². The molecule has 0 unspecified atom stereocenters. The monoisotopic (exact) mass is 465 g/mol. The number of carbonyl (C=O) groups excluding carboxylic acids is 2. The maximum absolute atomic E-state index is 12.8. The van der Waals surface area contributed by atoms with E-state index in [9.17, 15) is 14.4 Å². The lowest BCUT2D eigenvalue weighted by atomic mass is 10.1. The standard InChI is InChI=1S/C20H10Cl3NO4S/c21-12-6-13-17(25)11(9-28-18(13)15(23)7-12)5-16-19(26)24(20(27)29-16)8-10-3-1-2-4-14(10)22/h1-7,9H,8H2/b16-5-. The lowest BCUT2D eigenvalue weighted by Crippen LogP contribution is -2.27. The first-order valence-corrected chi connectivity index (χ1v) is 10.2. The number of thioether (sulfide) groups is 1. The molecule has 0 N–H and O–H groups in total. The average molecular weight is 467 g/mol. The van der Waals surface area contributed by atoms with E-state index in [4.69, 9.17) is 39.2 Å². The molecule has 2 heterocycles. The van der Waals surface area contributed by atoms with Crippen molar-refractivity contribution in [3.05, 3.63) is 84.0 Å². The summed E-state index contributed by atoms with van der Waals surface area (Å²) < 4.78 is 5.45. The number of benzene rings is 2. The van der Waals surface area contributed by atoms with E-state index in [1.54, 1.807) is 24.3 Å². The topological polar surface area (TPSA) is 67.6 Å². The minimum Gasteiger partial charge on any atom is -0.462 e. The maximum Gasteiger partial charge on any atom is 0.293 e. The van der Waals surface area contributed by atoms with Crippen LogP contribution in [0.3, 0.4) is 0 Å². The fourth-order valence-electron chi connectivity index (χ4n) is 2.85. The smallest absolute Gasteiger partial charge is 0.293 e. The van der Waals surface area contributed by atoms with E-state index in [0.29, 0.717) is 10.6 Å². The van der Waals surface area contributed by atoms with Gasteiger partial charge in [0.15, 0.2) is 11.0 Å². The van der Waals surface area contributed by atoms with Crippen LogP contribution in [0.5, 0.6) is 0 Å². The molecular formula is C20H10Cl3NO4S. The minimum atomic E-state index is -0.511. The average Bonchev–Trinajstić information content (AvgIpc) is 2.93. The molecule has 2 aromatic carbocycles. The lowest BCUT2D eigenvalue weighted by Gasteiger charge is -2.13. The third-order valence-electron chi connectivity index (χ3n) is 4.27. The number of hydrogen-bond acceptors (Lipinski definition) is 5. The molecule has 0 saturated carbocycles. The molecule has 1 aliphatic heterocycles. The van der Waals surface area contributed by atoms with Gasteiger partial charge in [0.1, 0.15) is 6.26 Å². The van der Waals surface area contributed by atoms with E-state index in [1.165, 1.54) is 24.5 Å². The normalized spacial score (nSPS) is 15.7. The van der Waals surface area contributed by atoms with Crippen LogP contribution in [0.15, 0.2) is 56.8 Å². The third-order valence-corrected chi connectivity index (χ3v) is 6.04. The van der Waals surface area contributed by atoms with Crippen molar-refractivity contribution in [1.82, 2.24) is 4.90 Å². The Kier molecular flexibility index (Phi) is 5.44. The summed E-state index contributed by atoms with van der Waals surface area (Å²) in [5.74, 6) is -0.511. The molecule has 9 heteroatoms. The summed E-state index contributed by atoms with van der Waals surface area (Å²) in [5.41, 5.74) is 0.546. The van der Waals surface area contributed by atoms with E-state index < -0.39 is 16.6 Å². The molecule has 0 bridgehead atoms. The fourth-order valence-corrected chi connectivity index (χ4v) is 4.42. The van der Waals surface area contributed by atoms with Gasteiger partial charge in [-0.05, 0) is 41.6 Å². The molecule has 29 heavy (non-hydrogen) atoms. The van der Waals surface area contributed by atoms with Gasteiger partial charge < -0.3 is 4.42 Å². The second kappa shape index (κ2) is 7.88. The van der Waals surface area contributed by atoms with Crippen LogP contribution in [-0.4, -0.2) is 16.0 Å². The zero-order valence-electron chi connectivity index (χ0n) is 14.4. The van der Waals surface area contributed by atoms with Gasteiger partial charge in [-0.3, -0.25) is 19.3 Å². The molecular weight excluding hydrogens is 457 g/mol. The highest BCUT2D eigenvalue weighted by atomic mass is 35.5. The summed E-state index contributed by atoms with van der Waals surface area (Å²) in [6.07, 6.45) is 2.53. The molecule has 3 aromatic rings. The molecule has 0 aliphatic carbocycles. The molecule has 2 amide bonds. The first-order valence-electron chi connectivity index (χ1n) is 8.24. The second-order valence-corrected chi connectivity index (χ2v) is 8.39. The quantitative estimate of drug-likeness (QED) is 0.444. The highest BCUT2D eigenvalue weighted by Crippen LogP contribution is 2.34. The molecule has 0 spiro atoms. The van der Waals surface area contributed by atoms with Crippen molar-refractivity contribution in [2.75, 3.05) is 0 Å².